The highest BCUT2D eigenvalue weighted by Gasteiger charge is 2.26. The van der Waals surface area contributed by atoms with Gasteiger partial charge in [-0.2, -0.15) is 0 Å². The van der Waals surface area contributed by atoms with E-state index in [9.17, 15) is 32.3 Å². The number of Topliss-reactive ketones (excluding diaryl/α,β-unsaturated/α-hetero) is 1. The molecule has 1 N–H and O–H groups in total. The van der Waals surface area contributed by atoms with Gasteiger partial charge in [0.2, 0.25) is 5.91 Å². The molecule has 1 aliphatic rings. The number of carbonyl (C=O) groups is 3. The second-order valence-electron chi connectivity index (χ2n) is 8.43. The van der Waals surface area contributed by atoms with Gasteiger partial charge < -0.3 is 19.4 Å². The summed E-state index contributed by atoms with van der Waals surface area (Å²) in [6, 6.07) is 9.13. The average molecular weight is 514 g/mol. The van der Waals surface area contributed by atoms with Gasteiger partial charge in [0, 0.05) is 24.4 Å². The number of rotatable bonds is 9. The molecule has 2 aromatic carbocycles. The van der Waals surface area contributed by atoms with Crippen molar-refractivity contribution in [1.82, 2.24) is 4.57 Å². The third-order valence-corrected chi connectivity index (χ3v) is 5.84. The van der Waals surface area contributed by atoms with Crippen LogP contribution < -0.4 is 15.6 Å². The quantitative estimate of drug-likeness (QED) is 0.267. The van der Waals surface area contributed by atoms with Gasteiger partial charge in [-0.25, -0.2) is 13.2 Å². The molecule has 8 nitrogen and oxygen atoms in total. The third-order valence-electron chi connectivity index (χ3n) is 5.84. The van der Waals surface area contributed by atoms with Gasteiger partial charge in [0.15, 0.2) is 23.2 Å². The van der Waals surface area contributed by atoms with Gasteiger partial charge in [-0.05, 0) is 41.5 Å². The minimum Gasteiger partial charge on any atom is -0.493 e. The van der Waals surface area contributed by atoms with Crippen molar-refractivity contribution in [3.8, 4) is 5.75 Å². The Labute approximate surface area is 208 Å². The van der Waals surface area contributed by atoms with Gasteiger partial charge in [-0.15, -0.1) is 0 Å². The first-order valence-corrected chi connectivity index (χ1v) is 11.2. The molecule has 1 amide bonds. The standard InChI is InChI=1S/C26H21F3N2O6/c1-36-26(35)16(13-37-17-5-4-15-10-23(33)30-21(15)11-17)9-22(32)18-3-2-6-31(25(18)34)12-14-7-19(27)24(29)20(28)8-14/h2-8,11,16H,9-10,12-13H2,1H3,(H,30,33)/t16-/m0/s1. The summed E-state index contributed by atoms with van der Waals surface area (Å²) < 4.78 is 51.8. The van der Waals surface area contributed by atoms with Crippen LogP contribution in [0.2, 0.25) is 0 Å². The van der Waals surface area contributed by atoms with E-state index >= 15 is 0 Å². The van der Waals surface area contributed by atoms with E-state index in [-0.39, 0.29) is 36.6 Å². The Morgan fingerprint density at radius 1 is 1.08 bits per heavy atom. The number of aromatic nitrogens is 1. The number of nitrogens with zero attached hydrogens (tertiary/aromatic N) is 1. The molecule has 0 unspecified atom stereocenters. The summed E-state index contributed by atoms with van der Waals surface area (Å²) in [6.45, 7) is -0.549. The monoisotopic (exact) mass is 514 g/mol. The van der Waals surface area contributed by atoms with Crippen LogP contribution in [0.1, 0.15) is 27.9 Å². The number of anilines is 1. The lowest BCUT2D eigenvalue weighted by atomic mass is 9.99. The number of carbonyl (C=O) groups excluding carboxylic acids is 3. The normalized spacial score (nSPS) is 13.0. The first-order chi connectivity index (χ1) is 17.7. The van der Waals surface area contributed by atoms with E-state index in [1.807, 2.05) is 0 Å². The van der Waals surface area contributed by atoms with E-state index in [4.69, 9.17) is 9.47 Å². The number of esters is 1. The number of fused-ring (bicyclic) bond motifs is 1. The topological polar surface area (TPSA) is 104 Å². The number of ketones is 1. The Hall–Kier alpha value is -4.41. The predicted molar refractivity (Wildman–Crippen MR) is 125 cm³/mol. The lowest BCUT2D eigenvalue weighted by Crippen LogP contribution is -2.30. The summed E-state index contributed by atoms with van der Waals surface area (Å²) in [5.41, 5.74) is 0.383. The van der Waals surface area contributed by atoms with E-state index in [0.717, 1.165) is 29.4 Å². The van der Waals surface area contributed by atoms with E-state index in [0.29, 0.717) is 11.4 Å². The van der Waals surface area contributed by atoms with Gasteiger partial charge in [0.1, 0.15) is 12.4 Å². The number of halogens is 3. The molecular weight excluding hydrogens is 493 g/mol. The molecule has 1 atom stereocenters. The van der Waals surface area contributed by atoms with Gasteiger partial charge in [0.25, 0.3) is 5.56 Å². The van der Waals surface area contributed by atoms with E-state index in [1.165, 1.54) is 18.3 Å². The molecule has 0 saturated heterocycles. The van der Waals surface area contributed by atoms with Crippen molar-refractivity contribution < 1.29 is 37.0 Å². The van der Waals surface area contributed by atoms with Crippen molar-refractivity contribution in [2.45, 2.75) is 19.4 Å². The molecule has 0 radical (unpaired) electrons. The first kappa shape index (κ1) is 25.7. The van der Waals surface area contributed by atoms with Gasteiger partial charge >= 0.3 is 5.97 Å². The van der Waals surface area contributed by atoms with Crippen LogP contribution in [0.15, 0.2) is 53.5 Å². The van der Waals surface area contributed by atoms with Crippen LogP contribution >= 0.6 is 0 Å². The maximum Gasteiger partial charge on any atom is 0.312 e. The summed E-state index contributed by atoms with van der Waals surface area (Å²) in [4.78, 5) is 49.7. The minimum absolute atomic E-state index is 0.0190. The van der Waals surface area contributed by atoms with Crippen LogP contribution in [0.4, 0.5) is 18.9 Å². The van der Waals surface area contributed by atoms with Crippen molar-refractivity contribution >= 4 is 23.3 Å². The van der Waals surface area contributed by atoms with E-state index < -0.39 is 47.1 Å². The molecule has 3 aromatic rings. The van der Waals surface area contributed by atoms with Crippen LogP contribution in [0.5, 0.6) is 5.75 Å². The summed E-state index contributed by atoms with van der Waals surface area (Å²) in [7, 11) is 1.15. The maximum absolute atomic E-state index is 13.6. The number of benzene rings is 2. The fraction of sp³-hybridized carbons (Fsp3) is 0.231. The Bertz CT molecular complexity index is 1430. The lowest BCUT2D eigenvalue weighted by molar-refractivity contribution is -0.146. The molecule has 1 aliphatic heterocycles. The average Bonchev–Trinajstić information content (AvgIpc) is 3.24. The second kappa shape index (κ2) is 10.7. The molecule has 1 aromatic heterocycles. The molecule has 0 bridgehead atoms. The SMILES string of the molecule is COC(=O)[C@H](COc1ccc2c(c1)NC(=O)C2)CC(=O)c1cccn(Cc2cc(F)c(F)c(F)c2)c1=O. The molecule has 4 rings (SSSR count). The Morgan fingerprint density at radius 2 is 1.81 bits per heavy atom. The zero-order valence-corrected chi connectivity index (χ0v) is 19.6. The Morgan fingerprint density at radius 3 is 2.51 bits per heavy atom. The molecule has 0 saturated carbocycles. The number of pyridine rings is 1. The van der Waals surface area contributed by atoms with E-state index in [1.54, 1.807) is 18.2 Å². The van der Waals surface area contributed by atoms with Crippen molar-refractivity contribution in [3.05, 3.63) is 93.2 Å². The molecule has 0 spiro atoms. The van der Waals surface area contributed by atoms with Crippen molar-refractivity contribution in [1.29, 1.82) is 0 Å². The summed E-state index contributed by atoms with van der Waals surface area (Å²) in [6.07, 6.45) is 1.16. The zero-order valence-electron chi connectivity index (χ0n) is 19.6. The summed E-state index contributed by atoms with van der Waals surface area (Å²) >= 11 is 0. The van der Waals surface area contributed by atoms with Crippen LogP contribution in [0.3, 0.4) is 0 Å². The maximum atomic E-state index is 13.6. The summed E-state index contributed by atoms with van der Waals surface area (Å²) in [5, 5.41) is 2.69. The van der Waals surface area contributed by atoms with Crippen LogP contribution in [0, 0.1) is 23.4 Å². The Balaban J connectivity index is 1.48. The fourth-order valence-electron chi connectivity index (χ4n) is 3.96. The number of methoxy groups -OCH3 is 1. The Kier molecular flexibility index (Phi) is 7.42. The van der Waals surface area contributed by atoms with Crippen molar-refractivity contribution in [3.63, 3.8) is 0 Å². The minimum atomic E-state index is -1.62. The summed E-state index contributed by atoms with van der Waals surface area (Å²) in [5.74, 6) is -6.65. The zero-order chi connectivity index (χ0) is 26.7. The number of nitrogens with one attached hydrogen (secondary N) is 1. The van der Waals surface area contributed by atoms with E-state index in [2.05, 4.69) is 5.32 Å². The van der Waals surface area contributed by atoms with Gasteiger partial charge in [0.05, 0.1) is 31.6 Å². The van der Waals surface area contributed by atoms with Crippen LogP contribution in [0.25, 0.3) is 0 Å². The third kappa shape index (κ3) is 5.71. The predicted octanol–water partition coefficient (Wildman–Crippen LogP) is 3.25. The highest BCUT2D eigenvalue weighted by molar-refractivity contribution is 5.99. The molecular formula is C26H21F3N2O6. The second-order valence-corrected chi connectivity index (χ2v) is 8.43. The smallest absolute Gasteiger partial charge is 0.312 e. The van der Waals surface area contributed by atoms with Gasteiger partial charge in [-0.3, -0.25) is 19.2 Å². The number of amides is 1. The largest absolute Gasteiger partial charge is 0.493 e. The fourth-order valence-corrected chi connectivity index (χ4v) is 3.96. The molecule has 37 heavy (non-hydrogen) atoms. The highest BCUT2D eigenvalue weighted by atomic mass is 19.2. The molecule has 11 heteroatoms. The first-order valence-electron chi connectivity index (χ1n) is 11.2. The number of hydrogen-bond acceptors (Lipinski definition) is 6. The molecule has 0 fully saturated rings. The van der Waals surface area contributed by atoms with Crippen LogP contribution in [-0.2, 0) is 27.3 Å². The lowest BCUT2D eigenvalue weighted by Gasteiger charge is -2.16. The molecule has 192 valence electrons. The molecule has 0 aliphatic carbocycles. The van der Waals surface area contributed by atoms with Crippen LogP contribution in [-0.4, -0.2) is 35.9 Å². The number of ether oxygens (including phenoxy) is 2. The highest BCUT2D eigenvalue weighted by Crippen LogP contribution is 2.28. The van der Waals surface area contributed by atoms with Gasteiger partial charge in [-0.1, -0.05) is 6.07 Å². The van der Waals surface area contributed by atoms with Crippen molar-refractivity contribution in [2.75, 3.05) is 19.0 Å². The van der Waals surface area contributed by atoms with Crippen molar-refractivity contribution in [2.24, 2.45) is 5.92 Å². The number of hydrogen-bond donors (Lipinski definition) is 1. The molecule has 2 heterocycles.